The Balaban J connectivity index is 1.50. The molecule has 1 aromatic heterocycles. The summed E-state index contributed by atoms with van der Waals surface area (Å²) in [5.74, 6) is -0.225. The van der Waals surface area contributed by atoms with E-state index in [0.717, 1.165) is 35.0 Å². The van der Waals surface area contributed by atoms with Crippen LogP contribution in [0.1, 0.15) is 61.2 Å². The first kappa shape index (κ1) is 23.7. The number of hydrogen-bond acceptors (Lipinski definition) is 5. The average Bonchev–Trinajstić information content (AvgIpc) is 3.23. The summed E-state index contributed by atoms with van der Waals surface area (Å²) in [5.41, 5.74) is 5.92. The number of halogens is 2. The molecule has 0 spiro atoms. The molecule has 2 unspecified atom stereocenters. The van der Waals surface area contributed by atoms with Gasteiger partial charge in [-0.05, 0) is 91.6 Å². The molecule has 0 radical (unpaired) electrons. The van der Waals surface area contributed by atoms with Gasteiger partial charge in [0.15, 0.2) is 0 Å². The molecular formula is C24H25BrFN3O3S. The molecule has 0 saturated carbocycles. The van der Waals surface area contributed by atoms with Crippen LogP contribution in [-0.4, -0.2) is 34.6 Å². The number of ether oxygens (including phenoxy) is 1. The van der Waals surface area contributed by atoms with Crippen molar-refractivity contribution < 1.29 is 18.7 Å². The van der Waals surface area contributed by atoms with Crippen molar-refractivity contribution in [3.63, 3.8) is 0 Å². The van der Waals surface area contributed by atoms with Crippen molar-refractivity contribution in [1.29, 1.82) is 5.26 Å². The summed E-state index contributed by atoms with van der Waals surface area (Å²) >= 11 is 4.87. The molecule has 2 aromatic rings. The number of carbonyl (C=O) groups excluding carboxylic acids is 2. The maximum absolute atomic E-state index is 14.1. The lowest BCUT2D eigenvalue weighted by molar-refractivity contribution is 0.00852. The van der Waals surface area contributed by atoms with Crippen molar-refractivity contribution in [2.45, 2.75) is 63.6 Å². The number of piperidine rings is 1. The van der Waals surface area contributed by atoms with Gasteiger partial charge >= 0.3 is 6.09 Å². The molecule has 2 bridgehead atoms. The minimum absolute atomic E-state index is 0.000312. The first-order valence-corrected chi connectivity index (χ1v) is 12.5. The highest BCUT2D eigenvalue weighted by atomic mass is 79.9. The molecule has 33 heavy (non-hydrogen) atoms. The van der Waals surface area contributed by atoms with Crippen molar-refractivity contribution in [3.05, 3.63) is 44.3 Å². The summed E-state index contributed by atoms with van der Waals surface area (Å²) in [4.78, 5) is 27.3. The van der Waals surface area contributed by atoms with Gasteiger partial charge in [0.05, 0.1) is 14.2 Å². The normalized spacial score (nSPS) is 22.2. The smallest absolute Gasteiger partial charge is 0.405 e. The molecule has 2 aliphatic heterocycles. The van der Waals surface area contributed by atoms with Crippen molar-refractivity contribution in [1.82, 2.24) is 4.90 Å². The van der Waals surface area contributed by atoms with Crippen LogP contribution in [0.4, 0.5) is 9.18 Å². The summed E-state index contributed by atoms with van der Waals surface area (Å²) in [5, 5.41) is 8.96. The lowest BCUT2D eigenvalue weighted by atomic mass is 9.82. The van der Waals surface area contributed by atoms with Crippen LogP contribution >= 0.6 is 27.3 Å². The van der Waals surface area contributed by atoms with Crippen LogP contribution in [-0.2, 0) is 4.74 Å². The Labute approximate surface area is 204 Å². The minimum Gasteiger partial charge on any atom is -0.444 e. The van der Waals surface area contributed by atoms with Gasteiger partial charge < -0.3 is 15.4 Å². The van der Waals surface area contributed by atoms with Gasteiger partial charge in [-0.3, -0.25) is 4.79 Å². The van der Waals surface area contributed by atoms with Gasteiger partial charge in [-0.15, -0.1) is 11.3 Å². The zero-order valence-electron chi connectivity index (χ0n) is 18.4. The maximum atomic E-state index is 14.1. The number of primary amides is 1. The van der Waals surface area contributed by atoms with Gasteiger partial charge in [0, 0.05) is 17.6 Å². The Morgan fingerprint density at radius 1 is 1.30 bits per heavy atom. The molecule has 3 heterocycles. The topological polar surface area (TPSA) is 96.4 Å². The largest absolute Gasteiger partial charge is 0.444 e. The van der Waals surface area contributed by atoms with Crippen LogP contribution in [0.5, 0.6) is 0 Å². The Morgan fingerprint density at radius 2 is 1.97 bits per heavy atom. The zero-order valence-corrected chi connectivity index (χ0v) is 20.8. The first-order chi connectivity index (χ1) is 15.6. The Bertz CT molecular complexity index is 1130. The van der Waals surface area contributed by atoms with E-state index in [-0.39, 0.29) is 23.6 Å². The third-order valence-corrected chi connectivity index (χ3v) is 8.34. The van der Waals surface area contributed by atoms with E-state index in [1.54, 1.807) is 12.1 Å². The van der Waals surface area contributed by atoms with E-state index in [1.807, 2.05) is 24.8 Å². The van der Waals surface area contributed by atoms with Crippen LogP contribution in [0, 0.1) is 23.1 Å². The highest BCUT2D eigenvalue weighted by Gasteiger charge is 2.45. The van der Waals surface area contributed by atoms with Crippen LogP contribution < -0.4 is 5.73 Å². The van der Waals surface area contributed by atoms with Crippen molar-refractivity contribution in [2.75, 3.05) is 0 Å². The quantitative estimate of drug-likeness (QED) is 0.522. The monoisotopic (exact) mass is 533 g/mol. The highest BCUT2D eigenvalue weighted by molar-refractivity contribution is 9.11. The number of amides is 2. The van der Waals surface area contributed by atoms with E-state index in [1.165, 1.54) is 23.5 Å². The fourth-order valence-corrected chi connectivity index (χ4v) is 7.08. The molecule has 2 amide bonds. The predicted molar refractivity (Wildman–Crippen MR) is 127 cm³/mol. The van der Waals surface area contributed by atoms with E-state index >= 15 is 0 Å². The number of nitrogens with zero attached hydrogens (tertiary/aromatic N) is 2. The SMILES string of the molecule is CC(C)(CC1CC2CCC(C1)N2C(=O)c1cc(-c2ccc(C#N)c(F)c2)c(Br)s1)OC(N)=O. The van der Waals surface area contributed by atoms with Gasteiger partial charge in [0.1, 0.15) is 17.5 Å². The van der Waals surface area contributed by atoms with E-state index in [0.29, 0.717) is 22.8 Å². The summed E-state index contributed by atoms with van der Waals surface area (Å²) in [6.45, 7) is 3.74. The summed E-state index contributed by atoms with van der Waals surface area (Å²) in [7, 11) is 0. The molecule has 6 nitrogen and oxygen atoms in total. The van der Waals surface area contributed by atoms with Crippen LogP contribution in [0.2, 0.25) is 0 Å². The summed E-state index contributed by atoms with van der Waals surface area (Å²) in [6.07, 6.45) is 3.61. The minimum atomic E-state index is -0.767. The molecule has 0 aliphatic carbocycles. The molecule has 2 fully saturated rings. The molecular weight excluding hydrogens is 509 g/mol. The number of rotatable bonds is 5. The maximum Gasteiger partial charge on any atom is 0.405 e. The molecule has 1 aromatic carbocycles. The Morgan fingerprint density at radius 3 is 2.55 bits per heavy atom. The summed E-state index contributed by atoms with van der Waals surface area (Å²) < 4.78 is 20.1. The van der Waals surface area contributed by atoms with Crippen LogP contribution in [0.3, 0.4) is 0 Å². The van der Waals surface area contributed by atoms with E-state index < -0.39 is 17.5 Å². The second-order valence-corrected chi connectivity index (χ2v) is 11.8. The highest BCUT2D eigenvalue weighted by Crippen LogP contribution is 2.44. The van der Waals surface area contributed by atoms with Crippen LogP contribution in [0.25, 0.3) is 11.1 Å². The lowest BCUT2D eigenvalue weighted by Gasteiger charge is -2.41. The van der Waals surface area contributed by atoms with Gasteiger partial charge in [0.2, 0.25) is 0 Å². The molecule has 2 saturated heterocycles. The number of hydrogen-bond donors (Lipinski definition) is 1. The fraction of sp³-hybridized carbons (Fsp3) is 0.458. The third kappa shape index (κ3) is 4.92. The van der Waals surface area contributed by atoms with Crippen molar-refractivity contribution in [2.24, 2.45) is 11.7 Å². The Hall–Kier alpha value is -2.44. The number of nitrogens with two attached hydrogens (primary N) is 1. The van der Waals surface area contributed by atoms with Gasteiger partial charge in [-0.1, -0.05) is 6.07 Å². The molecule has 9 heteroatoms. The fourth-order valence-electron chi connectivity index (χ4n) is 5.37. The third-order valence-electron chi connectivity index (χ3n) is 6.52. The second-order valence-electron chi connectivity index (χ2n) is 9.42. The van der Waals surface area contributed by atoms with Gasteiger partial charge in [-0.25, -0.2) is 9.18 Å². The van der Waals surface area contributed by atoms with E-state index in [4.69, 9.17) is 15.7 Å². The molecule has 2 atom stereocenters. The predicted octanol–water partition coefficient (Wildman–Crippen LogP) is 5.84. The number of carbonyl (C=O) groups is 2. The molecule has 174 valence electrons. The molecule has 2 N–H and O–H groups in total. The van der Waals surface area contributed by atoms with Crippen molar-refractivity contribution >= 4 is 39.3 Å². The number of thiophene rings is 1. The second kappa shape index (κ2) is 9.07. The zero-order chi connectivity index (χ0) is 23.9. The van der Waals surface area contributed by atoms with Crippen LogP contribution in [0.15, 0.2) is 28.1 Å². The number of nitriles is 1. The van der Waals surface area contributed by atoms with Gasteiger partial charge in [-0.2, -0.15) is 5.26 Å². The lowest BCUT2D eigenvalue weighted by Crippen LogP contribution is -2.47. The van der Waals surface area contributed by atoms with E-state index in [9.17, 15) is 14.0 Å². The number of benzene rings is 1. The van der Waals surface area contributed by atoms with E-state index in [2.05, 4.69) is 15.9 Å². The molecule has 4 rings (SSSR count). The first-order valence-electron chi connectivity index (χ1n) is 10.9. The van der Waals surface area contributed by atoms with Crippen molar-refractivity contribution in [3.8, 4) is 17.2 Å². The number of fused-ring (bicyclic) bond motifs is 2. The van der Waals surface area contributed by atoms with Gasteiger partial charge in [0.25, 0.3) is 5.91 Å². The molecule has 2 aliphatic rings. The standard InChI is InChI=1S/C24H25BrFN3O3S/c1-24(2,32-23(28)31)11-13-7-16-5-6-17(8-13)29(16)22(30)20-10-18(21(25)33-20)14-3-4-15(12-27)19(26)9-14/h3-4,9-10,13,16-17H,5-8,11H2,1-2H3,(H2,28,31). The Kier molecular flexibility index (Phi) is 6.52. The average molecular weight is 534 g/mol. The summed E-state index contributed by atoms with van der Waals surface area (Å²) in [6, 6.07) is 8.39.